The molecule has 0 aliphatic carbocycles. The van der Waals surface area contributed by atoms with E-state index in [2.05, 4.69) is 25.8 Å². The standard InChI is InChI=1S/C19H22ClN5O2.HI/c1-4-21-19(23-13(3)16-10-5-12(2)26-16)22-11-17-24-18(25-27-17)14-6-8-15(20)9-7-14;/h5-10,13H,4,11H2,1-3H3,(H2,21,22,23);1H. The van der Waals surface area contributed by atoms with Gasteiger partial charge in [0.25, 0.3) is 0 Å². The van der Waals surface area contributed by atoms with Gasteiger partial charge in [-0.1, -0.05) is 16.8 Å². The van der Waals surface area contributed by atoms with Crippen molar-refractivity contribution in [3.8, 4) is 11.4 Å². The molecular weight excluding hydrogens is 493 g/mol. The van der Waals surface area contributed by atoms with Crippen molar-refractivity contribution in [2.45, 2.75) is 33.4 Å². The number of aliphatic imine (C=N–C) groups is 1. The average Bonchev–Trinajstić information content (AvgIpc) is 3.30. The second-order valence-electron chi connectivity index (χ2n) is 6.03. The van der Waals surface area contributed by atoms with E-state index in [9.17, 15) is 0 Å². The minimum absolute atomic E-state index is 0. The first kappa shape index (κ1) is 22.2. The fourth-order valence-electron chi connectivity index (χ4n) is 2.46. The fourth-order valence-corrected chi connectivity index (χ4v) is 2.59. The lowest BCUT2D eigenvalue weighted by atomic mass is 10.2. The highest BCUT2D eigenvalue weighted by Gasteiger charge is 2.12. The minimum Gasteiger partial charge on any atom is -0.464 e. The van der Waals surface area contributed by atoms with Gasteiger partial charge in [-0.3, -0.25) is 0 Å². The van der Waals surface area contributed by atoms with Crippen molar-refractivity contribution in [3.63, 3.8) is 0 Å². The fraction of sp³-hybridized carbons (Fsp3) is 0.316. The van der Waals surface area contributed by atoms with E-state index < -0.39 is 0 Å². The number of aromatic nitrogens is 2. The summed E-state index contributed by atoms with van der Waals surface area (Å²) in [5, 5.41) is 11.2. The zero-order valence-electron chi connectivity index (χ0n) is 15.9. The lowest BCUT2D eigenvalue weighted by molar-refractivity contribution is 0.380. The number of furan rings is 1. The number of halogens is 2. The molecule has 0 saturated carbocycles. The maximum atomic E-state index is 5.90. The van der Waals surface area contributed by atoms with Gasteiger partial charge in [-0.05, 0) is 57.2 Å². The molecule has 1 atom stereocenters. The van der Waals surface area contributed by atoms with E-state index in [-0.39, 0.29) is 36.6 Å². The van der Waals surface area contributed by atoms with Crippen LogP contribution in [0.25, 0.3) is 11.4 Å². The zero-order valence-corrected chi connectivity index (χ0v) is 19.0. The van der Waals surface area contributed by atoms with Crippen molar-refractivity contribution in [2.24, 2.45) is 4.99 Å². The van der Waals surface area contributed by atoms with Crippen molar-refractivity contribution in [1.82, 2.24) is 20.8 Å². The molecule has 150 valence electrons. The van der Waals surface area contributed by atoms with Crippen LogP contribution in [0.5, 0.6) is 0 Å². The monoisotopic (exact) mass is 515 g/mol. The number of benzene rings is 1. The molecule has 0 fully saturated rings. The van der Waals surface area contributed by atoms with Gasteiger partial charge in [0.05, 0.1) is 6.04 Å². The van der Waals surface area contributed by atoms with Crippen molar-refractivity contribution in [3.05, 3.63) is 58.8 Å². The Morgan fingerprint density at radius 3 is 2.61 bits per heavy atom. The summed E-state index contributed by atoms with van der Waals surface area (Å²) < 4.78 is 10.9. The summed E-state index contributed by atoms with van der Waals surface area (Å²) in [6.07, 6.45) is 0. The molecule has 2 N–H and O–H groups in total. The van der Waals surface area contributed by atoms with Crippen molar-refractivity contribution in [1.29, 1.82) is 0 Å². The number of hydrogen-bond donors (Lipinski definition) is 2. The molecule has 0 aliphatic heterocycles. The number of guanidine groups is 1. The molecule has 0 amide bonds. The maximum absolute atomic E-state index is 5.90. The molecule has 2 aromatic heterocycles. The molecular formula is C19H23ClIN5O2. The van der Waals surface area contributed by atoms with Crippen LogP contribution < -0.4 is 10.6 Å². The molecule has 0 bridgehead atoms. The Bertz CT molecular complexity index is 907. The van der Waals surface area contributed by atoms with Crippen molar-refractivity contribution < 1.29 is 8.94 Å². The number of aryl methyl sites for hydroxylation is 1. The van der Waals surface area contributed by atoms with Crippen LogP contribution in [-0.2, 0) is 6.54 Å². The van der Waals surface area contributed by atoms with E-state index in [0.717, 1.165) is 23.6 Å². The van der Waals surface area contributed by atoms with Gasteiger partial charge in [0.1, 0.15) is 18.1 Å². The van der Waals surface area contributed by atoms with Gasteiger partial charge in [-0.25, -0.2) is 4.99 Å². The quantitative estimate of drug-likeness (QED) is 0.280. The Labute approximate surface area is 186 Å². The molecule has 2 heterocycles. The SMILES string of the molecule is CCNC(=NCc1nc(-c2ccc(Cl)cc2)no1)NC(C)c1ccc(C)o1.I. The summed E-state index contributed by atoms with van der Waals surface area (Å²) in [7, 11) is 0. The van der Waals surface area contributed by atoms with Gasteiger partial charge in [0, 0.05) is 17.1 Å². The van der Waals surface area contributed by atoms with Gasteiger partial charge >= 0.3 is 0 Å². The van der Waals surface area contributed by atoms with Gasteiger partial charge in [0.15, 0.2) is 5.96 Å². The van der Waals surface area contributed by atoms with E-state index in [0.29, 0.717) is 22.7 Å². The number of rotatable bonds is 6. The lowest BCUT2D eigenvalue weighted by Gasteiger charge is -2.15. The third kappa shape index (κ3) is 5.96. The molecule has 9 heteroatoms. The van der Waals surface area contributed by atoms with Crippen LogP contribution in [0.2, 0.25) is 5.02 Å². The largest absolute Gasteiger partial charge is 0.464 e. The summed E-state index contributed by atoms with van der Waals surface area (Å²) >= 11 is 5.90. The number of nitrogens with zero attached hydrogens (tertiary/aromatic N) is 3. The molecule has 3 rings (SSSR count). The van der Waals surface area contributed by atoms with Crippen LogP contribution in [0.1, 0.15) is 37.3 Å². The first-order chi connectivity index (χ1) is 13.0. The molecule has 0 spiro atoms. The van der Waals surface area contributed by atoms with Crippen LogP contribution in [-0.4, -0.2) is 22.6 Å². The van der Waals surface area contributed by atoms with E-state index in [1.165, 1.54) is 0 Å². The summed E-state index contributed by atoms with van der Waals surface area (Å²) in [4.78, 5) is 8.89. The predicted molar refractivity (Wildman–Crippen MR) is 120 cm³/mol. The first-order valence-corrected chi connectivity index (χ1v) is 9.12. The average molecular weight is 516 g/mol. The number of hydrogen-bond acceptors (Lipinski definition) is 5. The highest BCUT2D eigenvalue weighted by Crippen LogP contribution is 2.19. The smallest absolute Gasteiger partial charge is 0.248 e. The van der Waals surface area contributed by atoms with E-state index in [4.69, 9.17) is 20.5 Å². The van der Waals surface area contributed by atoms with Gasteiger partial charge in [-0.2, -0.15) is 4.98 Å². The third-order valence-electron chi connectivity index (χ3n) is 3.83. The molecule has 0 aliphatic rings. The van der Waals surface area contributed by atoms with Crippen LogP contribution in [0.15, 0.2) is 50.3 Å². The Kier molecular flexibility index (Phi) is 8.31. The Morgan fingerprint density at radius 1 is 1.21 bits per heavy atom. The Morgan fingerprint density at radius 2 is 1.96 bits per heavy atom. The summed E-state index contributed by atoms with van der Waals surface area (Å²) in [5.74, 6) is 3.31. The minimum atomic E-state index is -0.0242. The lowest BCUT2D eigenvalue weighted by Crippen LogP contribution is -2.38. The van der Waals surface area contributed by atoms with Gasteiger partial charge in [0.2, 0.25) is 11.7 Å². The van der Waals surface area contributed by atoms with Crippen molar-refractivity contribution >= 4 is 41.5 Å². The van der Waals surface area contributed by atoms with Crippen LogP contribution in [0.3, 0.4) is 0 Å². The summed E-state index contributed by atoms with van der Waals surface area (Å²) in [5.41, 5.74) is 0.838. The highest BCUT2D eigenvalue weighted by molar-refractivity contribution is 14.0. The predicted octanol–water partition coefficient (Wildman–Crippen LogP) is 4.73. The zero-order chi connectivity index (χ0) is 19.2. The molecule has 0 saturated heterocycles. The van der Waals surface area contributed by atoms with Crippen LogP contribution >= 0.6 is 35.6 Å². The van der Waals surface area contributed by atoms with Crippen LogP contribution in [0.4, 0.5) is 0 Å². The molecule has 28 heavy (non-hydrogen) atoms. The normalized spacial score (nSPS) is 12.4. The first-order valence-electron chi connectivity index (χ1n) is 8.75. The van der Waals surface area contributed by atoms with Gasteiger partial charge < -0.3 is 19.6 Å². The topological polar surface area (TPSA) is 88.5 Å². The molecule has 1 aromatic carbocycles. The van der Waals surface area contributed by atoms with E-state index in [1.54, 1.807) is 12.1 Å². The summed E-state index contributed by atoms with van der Waals surface area (Å²) in [6.45, 7) is 6.93. The van der Waals surface area contributed by atoms with E-state index in [1.807, 2.05) is 45.0 Å². The maximum Gasteiger partial charge on any atom is 0.248 e. The van der Waals surface area contributed by atoms with E-state index >= 15 is 0 Å². The molecule has 7 nitrogen and oxygen atoms in total. The molecule has 0 radical (unpaired) electrons. The third-order valence-corrected chi connectivity index (χ3v) is 4.08. The Hall–Kier alpha value is -2.07. The van der Waals surface area contributed by atoms with Crippen LogP contribution in [0, 0.1) is 6.92 Å². The second kappa shape index (κ2) is 10.5. The van der Waals surface area contributed by atoms with Crippen molar-refractivity contribution in [2.75, 3.05) is 6.54 Å². The molecule has 1 unspecified atom stereocenters. The Balaban J connectivity index is 0.00000280. The van der Waals surface area contributed by atoms with Gasteiger partial charge in [-0.15, -0.1) is 24.0 Å². The second-order valence-corrected chi connectivity index (χ2v) is 6.46. The highest BCUT2D eigenvalue weighted by atomic mass is 127. The molecule has 3 aromatic rings. The number of nitrogens with one attached hydrogen (secondary N) is 2. The summed E-state index contributed by atoms with van der Waals surface area (Å²) in [6, 6.07) is 11.1.